The lowest BCUT2D eigenvalue weighted by molar-refractivity contribution is -0.126. The molecule has 136 valence electrons. The second-order valence-electron chi connectivity index (χ2n) is 7.74. The first-order valence-electron chi connectivity index (χ1n) is 8.23. The van der Waals surface area contributed by atoms with E-state index in [9.17, 15) is 18.0 Å². The molecule has 0 atom stereocenters. The second kappa shape index (κ2) is 5.74. The number of carbonyl (C=O) groups excluding carboxylic acids is 1. The molecule has 0 aromatic heterocycles. The Labute approximate surface area is 145 Å². The Morgan fingerprint density at radius 3 is 2.16 bits per heavy atom. The van der Waals surface area contributed by atoms with Gasteiger partial charge in [-0.25, -0.2) is 13.2 Å². The van der Waals surface area contributed by atoms with E-state index in [2.05, 4.69) is 5.32 Å². The monoisotopic (exact) mass is 355 g/mol. The largest absolute Gasteiger partial charge is 0.497 e. The Balaban J connectivity index is 1.75. The highest BCUT2D eigenvalue weighted by Gasteiger charge is 2.57. The molecule has 3 rings (SSSR count). The fourth-order valence-corrected chi connectivity index (χ4v) is 2.70. The smallest absolute Gasteiger partial charge is 0.399 e. The summed E-state index contributed by atoms with van der Waals surface area (Å²) in [5.74, 6) is -1.40. The van der Waals surface area contributed by atoms with E-state index in [4.69, 9.17) is 9.31 Å². The summed E-state index contributed by atoms with van der Waals surface area (Å²) >= 11 is 0. The lowest BCUT2D eigenvalue weighted by Gasteiger charge is -2.32. The predicted octanol–water partition coefficient (Wildman–Crippen LogP) is 3.11. The minimum absolute atomic E-state index is 0.134. The Morgan fingerprint density at radius 2 is 1.72 bits per heavy atom. The first-order chi connectivity index (χ1) is 11.5. The summed E-state index contributed by atoms with van der Waals surface area (Å²) in [5.41, 5.74) is -2.50. The Hall–Kier alpha value is -1.54. The number of halogens is 3. The van der Waals surface area contributed by atoms with Crippen LogP contribution in [-0.4, -0.2) is 30.7 Å². The van der Waals surface area contributed by atoms with Crippen molar-refractivity contribution in [1.29, 1.82) is 0 Å². The molecule has 0 radical (unpaired) electrons. The van der Waals surface area contributed by atoms with Gasteiger partial charge in [-0.2, -0.15) is 0 Å². The van der Waals surface area contributed by atoms with Crippen molar-refractivity contribution >= 4 is 24.2 Å². The van der Waals surface area contributed by atoms with Crippen molar-refractivity contribution < 1.29 is 27.3 Å². The van der Waals surface area contributed by atoms with E-state index in [0.717, 1.165) is 6.07 Å². The minimum atomic E-state index is -2.72. The maximum atomic E-state index is 14.5. The maximum absolute atomic E-state index is 14.5. The van der Waals surface area contributed by atoms with Gasteiger partial charge >= 0.3 is 7.12 Å². The van der Waals surface area contributed by atoms with Crippen molar-refractivity contribution in [2.24, 2.45) is 5.41 Å². The summed E-state index contributed by atoms with van der Waals surface area (Å²) in [6.07, 6.45) is -2.43. The molecule has 1 aliphatic carbocycles. The Kier molecular flexibility index (Phi) is 4.19. The molecular formula is C17H21BF3NO3. The van der Waals surface area contributed by atoms with Crippen LogP contribution in [-0.2, 0) is 14.1 Å². The van der Waals surface area contributed by atoms with E-state index >= 15 is 0 Å². The van der Waals surface area contributed by atoms with E-state index in [1.807, 2.05) is 27.7 Å². The number of amides is 1. The van der Waals surface area contributed by atoms with Crippen LogP contribution in [0.1, 0.15) is 40.5 Å². The van der Waals surface area contributed by atoms with Crippen molar-refractivity contribution in [3.8, 4) is 0 Å². The zero-order valence-electron chi connectivity index (χ0n) is 14.7. The van der Waals surface area contributed by atoms with E-state index in [-0.39, 0.29) is 24.0 Å². The van der Waals surface area contributed by atoms with Gasteiger partial charge in [0.2, 0.25) is 5.91 Å². The summed E-state index contributed by atoms with van der Waals surface area (Å²) < 4.78 is 52.0. The standard InChI is InChI=1S/C17H21BF3NO3/c1-15(2)16(3,4)25-18(24-15)11-6-5-10(9-12(11)19)22-14(23)17(7-8-17)13(20)21/h5-6,9,13H,7-8H2,1-4H3,(H,22,23). The topological polar surface area (TPSA) is 47.6 Å². The molecular weight excluding hydrogens is 334 g/mol. The Bertz CT molecular complexity index is 688. The third-order valence-corrected chi connectivity index (χ3v) is 5.42. The average Bonchev–Trinajstić information content (AvgIpc) is 3.23. The maximum Gasteiger partial charge on any atom is 0.497 e. The van der Waals surface area contributed by atoms with Gasteiger partial charge in [-0.3, -0.25) is 4.79 Å². The van der Waals surface area contributed by atoms with Crippen LogP contribution in [0.15, 0.2) is 18.2 Å². The van der Waals surface area contributed by atoms with Gasteiger partial charge in [0.1, 0.15) is 11.2 Å². The van der Waals surface area contributed by atoms with Crippen LogP contribution in [0.3, 0.4) is 0 Å². The fourth-order valence-electron chi connectivity index (χ4n) is 2.70. The number of hydrogen-bond donors (Lipinski definition) is 1. The van der Waals surface area contributed by atoms with Gasteiger partial charge in [0.15, 0.2) is 0 Å². The third-order valence-electron chi connectivity index (χ3n) is 5.42. The highest BCUT2D eigenvalue weighted by molar-refractivity contribution is 6.62. The van der Waals surface area contributed by atoms with Crippen LogP contribution in [0.25, 0.3) is 0 Å². The van der Waals surface area contributed by atoms with Gasteiger partial charge in [0.05, 0.1) is 11.2 Å². The van der Waals surface area contributed by atoms with Gasteiger partial charge in [0.25, 0.3) is 6.43 Å². The number of benzene rings is 1. The van der Waals surface area contributed by atoms with E-state index in [0.29, 0.717) is 0 Å². The highest BCUT2D eigenvalue weighted by atomic mass is 19.3. The van der Waals surface area contributed by atoms with Gasteiger partial charge in [-0.15, -0.1) is 0 Å². The van der Waals surface area contributed by atoms with Crippen LogP contribution < -0.4 is 10.8 Å². The molecule has 8 heteroatoms. The van der Waals surface area contributed by atoms with Crippen LogP contribution in [0.2, 0.25) is 0 Å². The zero-order valence-corrected chi connectivity index (χ0v) is 14.7. The molecule has 1 heterocycles. The first kappa shape index (κ1) is 18.3. The molecule has 2 fully saturated rings. The minimum Gasteiger partial charge on any atom is -0.399 e. The molecule has 0 spiro atoms. The fraction of sp³-hybridized carbons (Fsp3) is 0.588. The van der Waals surface area contributed by atoms with Gasteiger partial charge in [-0.1, -0.05) is 6.07 Å². The van der Waals surface area contributed by atoms with E-state index < -0.39 is 41.9 Å². The summed E-state index contributed by atoms with van der Waals surface area (Å²) in [4.78, 5) is 12.0. The number of alkyl halides is 2. The molecule has 1 N–H and O–H groups in total. The SMILES string of the molecule is CC1(C)OB(c2ccc(NC(=O)C3(C(F)F)CC3)cc2F)OC1(C)C. The summed E-state index contributed by atoms with van der Waals surface area (Å²) in [6.45, 7) is 7.44. The first-order valence-corrected chi connectivity index (χ1v) is 8.23. The van der Waals surface area contributed by atoms with E-state index in [1.165, 1.54) is 12.1 Å². The molecule has 1 aromatic rings. The van der Waals surface area contributed by atoms with Crippen molar-refractivity contribution in [1.82, 2.24) is 0 Å². The highest BCUT2D eigenvalue weighted by Crippen LogP contribution is 2.51. The lowest BCUT2D eigenvalue weighted by Crippen LogP contribution is -2.41. The van der Waals surface area contributed by atoms with Gasteiger partial charge in [0, 0.05) is 11.2 Å². The molecule has 1 saturated carbocycles. The summed E-state index contributed by atoms with van der Waals surface area (Å²) in [6, 6.07) is 4.00. The van der Waals surface area contributed by atoms with Crippen LogP contribution in [0.5, 0.6) is 0 Å². The lowest BCUT2D eigenvalue weighted by atomic mass is 9.78. The molecule has 2 aliphatic rings. The number of anilines is 1. The average molecular weight is 355 g/mol. The molecule has 1 aliphatic heterocycles. The predicted molar refractivity (Wildman–Crippen MR) is 88.4 cm³/mol. The normalized spacial score (nSPS) is 23.0. The molecule has 1 amide bonds. The summed E-state index contributed by atoms with van der Waals surface area (Å²) in [7, 11) is -0.870. The molecule has 1 saturated heterocycles. The van der Waals surface area contributed by atoms with Crippen LogP contribution >= 0.6 is 0 Å². The molecule has 0 bridgehead atoms. The number of hydrogen-bond acceptors (Lipinski definition) is 3. The molecule has 1 aromatic carbocycles. The number of rotatable bonds is 4. The molecule has 4 nitrogen and oxygen atoms in total. The van der Waals surface area contributed by atoms with Crippen molar-refractivity contribution in [2.45, 2.75) is 58.2 Å². The van der Waals surface area contributed by atoms with Crippen molar-refractivity contribution in [3.63, 3.8) is 0 Å². The number of carbonyl (C=O) groups is 1. The summed E-state index contributed by atoms with van der Waals surface area (Å²) in [5, 5.41) is 2.38. The molecule has 25 heavy (non-hydrogen) atoms. The van der Waals surface area contributed by atoms with Crippen molar-refractivity contribution in [2.75, 3.05) is 5.32 Å². The Morgan fingerprint density at radius 1 is 1.16 bits per heavy atom. The van der Waals surface area contributed by atoms with Crippen LogP contribution in [0.4, 0.5) is 18.9 Å². The van der Waals surface area contributed by atoms with E-state index in [1.54, 1.807) is 0 Å². The van der Waals surface area contributed by atoms with Crippen molar-refractivity contribution in [3.05, 3.63) is 24.0 Å². The quantitative estimate of drug-likeness (QED) is 0.845. The van der Waals surface area contributed by atoms with Crippen LogP contribution in [0, 0.1) is 11.2 Å². The molecule has 0 unspecified atom stereocenters. The van der Waals surface area contributed by atoms with Gasteiger partial charge < -0.3 is 14.6 Å². The second-order valence-corrected chi connectivity index (χ2v) is 7.74. The zero-order chi connectivity index (χ0) is 18.6. The number of nitrogens with one attached hydrogen (secondary N) is 1. The van der Waals surface area contributed by atoms with Gasteiger partial charge in [-0.05, 0) is 52.7 Å². The third kappa shape index (κ3) is 3.06.